The SMILES string of the molecule is CCn1c(SCc2cc(C(C)=O)ccc2OC)nnc1-c1ccoc1C. The molecule has 0 bridgehead atoms. The molecule has 1 aromatic carbocycles. The largest absolute Gasteiger partial charge is 0.496 e. The summed E-state index contributed by atoms with van der Waals surface area (Å²) in [4.78, 5) is 11.7. The van der Waals surface area contributed by atoms with Gasteiger partial charge in [-0.05, 0) is 45.0 Å². The second-order valence-electron chi connectivity index (χ2n) is 5.81. The maximum atomic E-state index is 11.7. The molecule has 26 heavy (non-hydrogen) atoms. The molecule has 2 heterocycles. The predicted molar refractivity (Wildman–Crippen MR) is 101 cm³/mol. The highest BCUT2D eigenvalue weighted by Gasteiger charge is 2.17. The van der Waals surface area contributed by atoms with Crippen LogP contribution < -0.4 is 4.74 Å². The monoisotopic (exact) mass is 371 g/mol. The zero-order valence-corrected chi connectivity index (χ0v) is 16.1. The van der Waals surface area contributed by atoms with Gasteiger partial charge in [0.2, 0.25) is 0 Å². The summed E-state index contributed by atoms with van der Waals surface area (Å²) < 4.78 is 12.9. The number of ketones is 1. The molecule has 0 aliphatic rings. The van der Waals surface area contributed by atoms with E-state index in [0.717, 1.165) is 40.2 Å². The lowest BCUT2D eigenvalue weighted by atomic mass is 10.1. The normalized spacial score (nSPS) is 10.9. The van der Waals surface area contributed by atoms with Gasteiger partial charge >= 0.3 is 0 Å². The van der Waals surface area contributed by atoms with E-state index in [9.17, 15) is 4.79 Å². The van der Waals surface area contributed by atoms with Gasteiger partial charge in [0, 0.05) is 23.4 Å². The van der Waals surface area contributed by atoms with Crippen molar-refractivity contribution in [2.24, 2.45) is 0 Å². The van der Waals surface area contributed by atoms with Crippen LogP contribution >= 0.6 is 11.8 Å². The Morgan fingerprint density at radius 1 is 1.31 bits per heavy atom. The summed E-state index contributed by atoms with van der Waals surface area (Å²) in [6, 6.07) is 7.39. The standard InChI is InChI=1S/C19H21N3O3S/c1-5-22-18(16-8-9-25-13(16)3)20-21-19(22)26-11-15-10-14(12(2)23)6-7-17(15)24-4/h6-10H,5,11H2,1-4H3. The Morgan fingerprint density at radius 3 is 2.73 bits per heavy atom. The van der Waals surface area contributed by atoms with Crippen LogP contribution in [0.4, 0.5) is 0 Å². The van der Waals surface area contributed by atoms with E-state index in [1.165, 1.54) is 0 Å². The van der Waals surface area contributed by atoms with Crippen molar-refractivity contribution in [3.05, 3.63) is 47.4 Å². The van der Waals surface area contributed by atoms with Gasteiger partial charge in [-0.1, -0.05) is 11.8 Å². The van der Waals surface area contributed by atoms with Crippen molar-refractivity contribution in [1.82, 2.24) is 14.8 Å². The molecule has 136 valence electrons. The molecule has 0 aliphatic heterocycles. The van der Waals surface area contributed by atoms with Crippen molar-refractivity contribution < 1.29 is 13.9 Å². The van der Waals surface area contributed by atoms with Gasteiger partial charge in [-0.25, -0.2) is 0 Å². The van der Waals surface area contributed by atoms with E-state index in [1.54, 1.807) is 38.1 Å². The number of Topliss-reactive ketones (excluding diaryl/α,β-unsaturated/α-hetero) is 1. The number of carbonyl (C=O) groups is 1. The van der Waals surface area contributed by atoms with E-state index in [-0.39, 0.29) is 5.78 Å². The van der Waals surface area contributed by atoms with E-state index < -0.39 is 0 Å². The Morgan fingerprint density at radius 2 is 2.12 bits per heavy atom. The minimum absolute atomic E-state index is 0.0355. The number of nitrogens with zero attached hydrogens (tertiary/aromatic N) is 3. The van der Waals surface area contributed by atoms with Gasteiger partial charge in [0.05, 0.1) is 18.9 Å². The topological polar surface area (TPSA) is 70.2 Å². The molecule has 0 saturated heterocycles. The van der Waals surface area contributed by atoms with Crippen molar-refractivity contribution in [3.8, 4) is 17.1 Å². The van der Waals surface area contributed by atoms with Crippen molar-refractivity contribution in [3.63, 3.8) is 0 Å². The molecule has 0 saturated carbocycles. The zero-order valence-electron chi connectivity index (χ0n) is 15.3. The van der Waals surface area contributed by atoms with Gasteiger partial charge in [-0.3, -0.25) is 4.79 Å². The first-order chi connectivity index (χ1) is 12.5. The first-order valence-corrected chi connectivity index (χ1v) is 9.32. The number of benzene rings is 1. The van der Waals surface area contributed by atoms with Crippen LogP contribution in [0.1, 0.15) is 35.5 Å². The molecule has 0 spiro atoms. The summed E-state index contributed by atoms with van der Waals surface area (Å²) in [6.07, 6.45) is 1.66. The summed E-state index contributed by atoms with van der Waals surface area (Å²) in [5.41, 5.74) is 2.58. The molecule has 0 radical (unpaired) electrons. The predicted octanol–water partition coefficient (Wildman–Crippen LogP) is 4.37. The molecule has 3 aromatic rings. The van der Waals surface area contributed by atoms with Gasteiger partial charge < -0.3 is 13.7 Å². The molecular weight excluding hydrogens is 350 g/mol. The van der Waals surface area contributed by atoms with E-state index in [0.29, 0.717) is 11.3 Å². The summed E-state index contributed by atoms with van der Waals surface area (Å²) in [5.74, 6) is 3.04. The third-order valence-electron chi connectivity index (χ3n) is 4.18. The number of hydrogen-bond donors (Lipinski definition) is 0. The summed E-state index contributed by atoms with van der Waals surface area (Å²) in [5, 5.41) is 9.49. The molecule has 7 heteroatoms. The average molecular weight is 371 g/mol. The highest BCUT2D eigenvalue weighted by atomic mass is 32.2. The maximum Gasteiger partial charge on any atom is 0.191 e. The average Bonchev–Trinajstić information content (AvgIpc) is 3.24. The molecule has 3 rings (SSSR count). The number of aryl methyl sites for hydroxylation is 1. The van der Waals surface area contributed by atoms with Crippen LogP contribution in [0.2, 0.25) is 0 Å². The Hall–Kier alpha value is -2.54. The van der Waals surface area contributed by atoms with E-state index >= 15 is 0 Å². The van der Waals surface area contributed by atoms with Crippen molar-refractivity contribution >= 4 is 17.5 Å². The number of hydrogen-bond acceptors (Lipinski definition) is 6. The van der Waals surface area contributed by atoms with Crippen LogP contribution in [0.5, 0.6) is 5.75 Å². The first kappa shape index (κ1) is 18.3. The van der Waals surface area contributed by atoms with Gasteiger partial charge in [0.25, 0.3) is 0 Å². The number of ether oxygens (including phenoxy) is 1. The van der Waals surface area contributed by atoms with Gasteiger partial charge in [-0.15, -0.1) is 10.2 Å². The molecule has 6 nitrogen and oxygen atoms in total. The number of carbonyl (C=O) groups excluding carboxylic acids is 1. The van der Waals surface area contributed by atoms with E-state index in [1.807, 2.05) is 25.1 Å². The van der Waals surface area contributed by atoms with E-state index in [4.69, 9.17) is 9.15 Å². The van der Waals surface area contributed by atoms with Crippen LogP contribution in [0.15, 0.2) is 40.1 Å². The van der Waals surface area contributed by atoms with Crippen LogP contribution in [-0.2, 0) is 12.3 Å². The second-order valence-corrected chi connectivity index (χ2v) is 6.75. The highest BCUT2D eigenvalue weighted by molar-refractivity contribution is 7.98. The third kappa shape index (κ3) is 3.53. The van der Waals surface area contributed by atoms with Crippen molar-refractivity contribution in [1.29, 1.82) is 0 Å². The first-order valence-electron chi connectivity index (χ1n) is 8.33. The summed E-state index contributed by atoms with van der Waals surface area (Å²) in [7, 11) is 1.63. The minimum Gasteiger partial charge on any atom is -0.496 e. The minimum atomic E-state index is 0.0355. The number of aromatic nitrogens is 3. The number of methoxy groups -OCH3 is 1. The fraction of sp³-hybridized carbons (Fsp3) is 0.316. The quantitative estimate of drug-likeness (QED) is 0.454. The highest BCUT2D eigenvalue weighted by Crippen LogP contribution is 2.31. The lowest BCUT2D eigenvalue weighted by Crippen LogP contribution is -2.01. The lowest BCUT2D eigenvalue weighted by Gasteiger charge is -2.10. The maximum absolute atomic E-state index is 11.7. The molecule has 2 aromatic heterocycles. The Kier molecular flexibility index (Phi) is 5.46. The van der Waals surface area contributed by atoms with Crippen LogP contribution in [-0.4, -0.2) is 27.7 Å². The fourth-order valence-corrected chi connectivity index (χ4v) is 3.73. The molecule has 0 N–H and O–H groups in total. The number of thioether (sulfide) groups is 1. The Bertz CT molecular complexity index is 930. The van der Waals surface area contributed by atoms with Crippen LogP contribution in [0.25, 0.3) is 11.4 Å². The van der Waals surface area contributed by atoms with Gasteiger partial charge in [0.15, 0.2) is 16.8 Å². The van der Waals surface area contributed by atoms with Crippen LogP contribution in [0.3, 0.4) is 0 Å². The molecule has 0 atom stereocenters. The smallest absolute Gasteiger partial charge is 0.191 e. The van der Waals surface area contributed by atoms with Crippen molar-refractivity contribution in [2.45, 2.75) is 38.2 Å². The molecular formula is C19H21N3O3S. The summed E-state index contributed by atoms with van der Waals surface area (Å²) >= 11 is 1.57. The number of rotatable bonds is 7. The fourth-order valence-electron chi connectivity index (χ4n) is 2.75. The van der Waals surface area contributed by atoms with Crippen molar-refractivity contribution in [2.75, 3.05) is 7.11 Å². The van der Waals surface area contributed by atoms with Gasteiger partial charge in [0.1, 0.15) is 11.5 Å². The second kappa shape index (κ2) is 7.78. The zero-order chi connectivity index (χ0) is 18.7. The molecule has 0 amide bonds. The number of furan rings is 1. The molecule has 0 unspecified atom stereocenters. The third-order valence-corrected chi connectivity index (χ3v) is 5.19. The van der Waals surface area contributed by atoms with E-state index in [2.05, 4.69) is 21.7 Å². The summed E-state index contributed by atoms with van der Waals surface area (Å²) in [6.45, 7) is 6.28. The molecule has 0 fully saturated rings. The lowest BCUT2D eigenvalue weighted by molar-refractivity contribution is 0.101. The van der Waals surface area contributed by atoms with Gasteiger partial charge in [-0.2, -0.15) is 0 Å². The van der Waals surface area contributed by atoms with Crippen LogP contribution in [0, 0.1) is 6.92 Å². The Balaban J connectivity index is 1.87. The Labute approximate surface area is 156 Å². The molecule has 0 aliphatic carbocycles.